The zero-order valence-corrected chi connectivity index (χ0v) is 23.5. The number of morpholine rings is 1. The highest BCUT2D eigenvalue weighted by Gasteiger charge is 2.30. The monoisotopic (exact) mass is 638 g/mol. The average molecular weight is 638 g/mol. The van der Waals surface area contributed by atoms with E-state index in [4.69, 9.17) is 9.72 Å². The Balaban J connectivity index is 1.44. The number of benzene rings is 2. The molecular weight excluding hydrogens is 608 g/mol. The third-order valence-corrected chi connectivity index (χ3v) is 7.71. The summed E-state index contributed by atoms with van der Waals surface area (Å²) in [5, 5.41) is 7.34. The van der Waals surface area contributed by atoms with Crippen LogP contribution in [0.4, 0.5) is 36.3 Å². The summed E-state index contributed by atoms with van der Waals surface area (Å²) in [4.78, 5) is 11.4. The van der Waals surface area contributed by atoms with E-state index in [1.54, 1.807) is 18.3 Å². The largest absolute Gasteiger partial charge is 0.416 e. The van der Waals surface area contributed by atoms with E-state index >= 15 is 0 Å². The SMILES string of the molecule is C=Ic1cnc(N/N=C/c2ccc(Nc3cccc(C(F)(F)F)c3)cc2C)nc1N1CCOC(C(C)C)C1. The maximum absolute atomic E-state index is 13.0. The number of nitrogens with one attached hydrogen (secondary N) is 2. The molecule has 1 fully saturated rings. The van der Waals surface area contributed by atoms with Gasteiger partial charge in [-0.2, -0.15) is 23.3 Å². The van der Waals surface area contributed by atoms with Crippen molar-refractivity contribution in [3.8, 4) is 0 Å². The summed E-state index contributed by atoms with van der Waals surface area (Å²) in [6, 6.07) is 10.6. The Morgan fingerprint density at radius 2 is 2.00 bits per heavy atom. The first kappa shape index (κ1) is 28.0. The number of hydrazone groups is 1. The molecule has 0 saturated carbocycles. The lowest BCUT2D eigenvalue weighted by Crippen LogP contribution is -2.45. The van der Waals surface area contributed by atoms with Crippen molar-refractivity contribution in [1.29, 1.82) is 0 Å². The maximum atomic E-state index is 13.0. The number of hydrogen-bond acceptors (Lipinski definition) is 7. The Labute approximate surface area is 230 Å². The minimum atomic E-state index is -4.39. The van der Waals surface area contributed by atoms with Crippen molar-refractivity contribution in [2.45, 2.75) is 33.1 Å². The predicted octanol–water partition coefficient (Wildman–Crippen LogP) is 6.43. The van der Waals surface area contributed by atoms with Gasteiger partial charge in [0.15, 0.2) is 0 Å². The molecule has 0 aliphatic carbocycles. The van der Waals surface area contributed by atoms with Crippen LogP contribution in [0.5, 0.6) is 0 Å². The predicted molar refractivity (Wildman–Crippen MR) is 156 cm³/mol. The van der Waals surface area contributed by atoms with E-state index in [1.807, 2.05) is 25.3 Å². The number of alkyl halides is 3. The third-order valence-electron chi connectivity index (χ3n) is 6.12. The first-order valence-corrected chi connectivity index (χ1v) is 14.7. The molecule has 11 heteroatoms. The number of aromatic nitrogens is 2. The normalized spacial score (nSPS) is 16.3. The Kier molecular flexibility index (Phi) is 8.98. The summed E-state index contributed by atoms with van der Waals surface area (Å²) >= 11 is -0.453. The lowest BCUT2D eigenvalue weighted by molar-refractivity contribution is -0.137. The quantitative estimate of drug-likeness (QED) is 0.169. The zero-order valence-electron chi connectivity index (χ0n) is 21.4. The molecule has 3 aromatic rings. The van der Waals surface area contributed by atoms with Crippen LogP contribution in [0, 0.1) is 16.4 Å². The van der Waals surface area contributed by atoms with Crippen LogP contribution >= 0.6 is 20.7 Å². The van der Waals surface area contributed by atoms with E-state index in [9.17, 15) is 13.2 Å². The molecule has 1 aliphatic heterocycles. The highest BCUT2D eigenvalue weighted by molar-refractivity contribution is 14.2. The fourth-order valence-corrected chi connectivity index (χ4v) is 5.14. The third kappa shape index (κ3) is 7.07. The topological polar surface area (TPSA) is 74.7 Å². The van der Waals surface area contributed by atoms with Crippen molar-refractivity contribution >= 4 is 54.6 Å². The van der Waals surface area contributed by atoms with Crippen molar-refractivity contribution in [2.24, 2.45) is 11.0 Å². The molecule has 0 radical (unpaired) electrons. The molecule has 1 aromatic heterocycles. The second kappa shape index (κ2) is 12.2. The van der Waals surface area contributed by atoms with Gasteiger partial charge in [-0.1, -0.05) is 51.2 Å². The molecule has 202 valence electrons. The number of nitrogens with zero attached hydrogens (tertiary/aromatic N) is 4. The van der Waals surface area contributed by atoms with Gasteiger partial charge in [-0.25, -0.2) is 10.4 Å². The number of ether oxygens (including phenoxy) is 1. The second-order valence-corrected chi connectivity index (χ2v) is 11.2. The highest BCUT2D eigenvalue weighted by Crippen LogP contribution is 2.32. The Hall–Kier alpha value is -3.06. The first-order chi connectivity index (χ1) is 18.1. The summed E-state index contributed by atoms with van der Waals surface area (Å²) < 4.78 is 50.1. The van der Waals surface area contributed by atoms with Crippen LogP contribution in [-0.4, -0.2) is 46.5 Å². The minimum Gasteiger partial charge on any atom is -0.374 e. The molecule has 0 spiro atoms. The number of hydrogen-bond donors (Lipinski definition) is 2. The second-order valence-electron chi connectivity index (χ2n) is 9.24. The molecule has 1 saturated heterocycles. The van der Waals surface area contributed by atoms with Gasteiger partial charge in [0.2, 0.25) is 5.95 Å². The van der Waals surface area contributed by atoms with Crippen molar-refractivity contribution in [2.75, 3.05) is 35.3 Å². The molecule has 1 atom stereocenters. The lowest BCUT2D eigenvalue weighted by Gasteiger charge is -2.36. The van der Waals surface area contributed by atoms with Crippen LogP contribution in [0.15, 0.2) is 53.8 Å². The molecule has 4 rings (SSSR count). The molecule has 0 bridgehead atoms. The van der Waals surface area contributed by atoms with Gasteiger partial charge < -0.3 is 15.0 Å². The molecule has 0 amide bonds. The van der Waals surface area contributed by atoms with Gasteiger partial charge in [-0.15, -0.1) is 0 Å². The standard InChI is InChI=1S/C27H30F3IN6O/c1-17(2)24-16-37(10-11-38-24)25-23(31-4)15-32-26(35-25)36-33-14-19-8-9-22(12-18(19)3)34-21-7-5-6-20(13-21)27(28,29)30/h5-9,12-15,17,24,34H,4,10-11,16H2,1-3H3,(H,32,35,36)/b33-14+. The molecule has 2 N–H and O–H groups in total. The van der Waals surface area contributed by atoms with E-state index in [1.165, 1.54) is 6.07 Å². The van der Waals surface area contributed by atoms with Gasteiger partial charge in [0.05, 0.1) is 28.1 Å². The van der Waals surface area contributed by atoms with Crippen molar-refractivity contribution < 1.29 is 17.9 Å². The summed E-state index contributed by atoms with van der Waals surface area (Å²) in [6.45, 7) is 8.40. The number of halogens is 4. The van der Waals surface area contributed by atoms with Gasteiger partial charge in [0.1, 0.15) is 5.82 Å². The van der Waals surface area contributed by atoms with E-state index < -0.39 is 32.5 Å². The minimum absolute atomic E-state index is 0.151. The van der Waals surface area contributed by atoms with E-state index in [2.05, 4.69) is 44.1 Å². The number of rotatable bonds is 8. The molecular formula is C27H30F3IN6O. The molecule has 2 aromatic carbocycles. The van der Waals surface area contributed by atoms with Crippen LogP contribution in [0.1, 0.15) is 30.5 Å². The smallest absolute Gasteiger partial charge is 0.374 e. The van der Waals surface area contributed by atoms with Gasteiger partial charge in [0.25, 0.3) is 0 Å². The summed E-state index contributed by atoms with van der Waals surface area (Å²) in [6.07, 6.45) is -0.754. The summed E-state index contributed by atoms with van der Waals surface area (Å²) in [5.41, 5.74) is 5.01. The molecule has 1 aliphatic rings. The molecule has 2 heterocycles. The Morgan fingerprint density at radius 1 is 1.21 bits per heavy atom. The van der Waals surface area contributed by atoms with Crippen molar-refractivity contribution in [3.63, 3.8) is 0 Å². The van der Waals surface area contributed by atoms with Gasteiger partial charge in [-0.05, 0) is 54.3 Å². The molecule has 1 unspecified atom stereocenters. The molecule has 38 heavy (non-hydrogen) atoms. The number of aryl methyl sites for hydroxylation is 1. The van der Waals surface area contributed by atoms with Gasteiger partial charge in [-0.3, -0.25) is 0 Å². The van der Waals surface area contributed by atoms with Crippen LogP contribution in [0.25, 0.3) is 0 Å². The highest BCUT2D eigenvalue weighted by atomic mass is 127. The zero-order chi connectivity index (χ0) is 27.3. The van der Waals surface area contributed by atoms with E-state index in [0.717, 1.165) is 45.7 Å². The van der Waals surface area contributed by atoms with Crippen molar-refractivity contribution in [1.82, 2.24) is 9.97 Å². The summed E-state index contributed by atoms with van der Waals surface area (Å²) in [5.74, 6) is 1.69. The molecule has 7 nitrogen and oxygen atoms in total. The Bertz CT molecular complexity index is 1310. The van der Waals surface area contributed by atoms with Crippen LogP contribution in [-0.2, 0) is 10.9 Å². The van der Waals surface area contributed by atoms with Crippen LogP contribution < -0.4 is 15.6 Å². The lowest BCUT2D eigenvalue weighted by atomic mass is 10.1. The van der Waals surface area contributed by atoms with Gasteiger partial charge in [0, 0.05) is 30.7 Å². The maximum Gasteiger partial charge on any atom is 0.416 e. The fourth-order valence-electron chi connectivity index (χ4n) is 4.00. The number of anilines is 4. The van der Waals surface area contributed by atoms with Crippen LogP contribution in [0.2, 0.25) is 0 Å². The van der Waals surface area contributed by atoms with Gasteiger partial charge >= 0.3 is 6.18 Å². The first-order valence-electron chi connectivity index (χ1n) is 12.1. The van der Waals surface area contributed by atoms with Crippen molar-refractivity contribution in [3.05, 3.63) is 68.9 Å². The van der Waals surface area contributed by atoms with E-state index in [-0.39, 0.29) is 6.10 Å². The van der Waals surface area contributed by atoms with Crippen LogP contribution in [0.3, 0.4) is 0 Å². The average Bonchev–Trinajstić information content (AvgIpc) is 2.89. The Morgan fingerprint density at radius 3 is 2.71 bits per heavy atom. The summed E-state index contributed by atoms with van der Waals surface area (Å²) in [7, 11) is 0. The van der Waals surface area contributed by atoms with E-state index in [0.29, 0.717) is 29.8 Å². The fraction of sp³-hybridized carbons (Fsp3) is 0.333.